The van der Waals surface area contributed by atoms with Gasteiger partial charge in [-0.15, -0.1) is 11.6 Å². The monoisotopic (exact) mass is 271 g/mol. The second-order valence-corrected chi connectivity index (χ2v) is 3.95. The minimum atomic E-state index is -0.591. The molecular weight excluding hydrogens is 264 g/mol. The van der Waals surface area contributed by atoms with Crippen LogP contribution in [0.2, 0.25) is 5.02 Å². The van der Waals surface area contributed by atoms with Gasteiger partial charge in [0.2, 0.25) is 0 Å². The molecule has 1 heterocycles. The molecule has 5 heteroatoms. The van der Waals surface area contributed by atoms with Gasteiger partial charge in [0.25, 0.3) is 0 Å². The lowest BCUT2D eigenvalue weighted by molar-refractivity contribution is 0.439. The first-order valence-electron chi connectivity index (χ1n) is 4.83. The van der Waals surface area contributed by atoms with E-state index < -0.39 is 5.82 Å². The quantitative estimate of drug-likeness (QED) is 0.772. The van der Waals surface area contributed by atoms with Crippen LogP contribution >= 0.6 is 23.2 Å². The van der Waals surface area contributed by atoms with Crippen molar-refractivity contribution >= 4 is 23.2 Å². The molecule has 0 N–H and O–H groups in total. The molecule has 1 aromatic carbocycles. The van der Waals surface area contributed by atoms with Crippen LogP contribution in [0.5, 0.6) is 11.5 Å². The van der Waals surface area contributed by atoms with Crippen LogP contribution in [0.25, 0.3) is 0 Å². The van der Waals surface area contributed by atoms with Crippen LogP contribution in [0, 0.1) is 5.82 Å². The molecule has 0 aliphatic carbocycles. The lowest BCUT2D eigenvalue weighted by Crippen LogP contribution is -1.93. The molecule has 2 aromatic rings. The predicted molar refractivity (Wildman–Crippen MR) is 65.3 cm³/mol. The Morgan fingerprint density at radius 2 is 2.06 bits per heavy atom. The largest absolute Gasteiger partial charge is 0.454 e. The van der Waals surface area contributed by atoms with Gasteiger partial charge in [-0.3, -0.25) is 4.98 Å². The van der Waals surface area contributed by atoms with Gasteiger partial charge >= 0.3 is 0 Å². The van der Waals surface area contributed by atoms with Crippen LogP contribution in [-0.4, -0.2) is 4.98 Å². The number of pyridine rings is 1. The number of halogens is 3. The minimum absolute atomic E-state index is 0.0176. The molecule has 0 aliphatic heterocycles. The van der Waals surface area contributed by atoms with Gasteiger partial charge in [-0.2, -0.15) is 0 Å². The first kappa shape index (κ1) is 12.1. The summed E-state index contributed by atoms with van der Waals surface area (Å²) in [6.45, 7) is 0. The molecule has 0 fully saturated rings. The maximum Gasteiger partial charge on any atom is 0.184 e. The fourth-order valence-corrected chi connectivity index (χ4v) is 1.66. The normalized spacial score (nSPS) is 10.3. The predicted octanol–water partition coefficient (Wildman–Crippen LogP) is 4.41. The molecule has 0 radical (unpaired) electrons. The molecule has 0 bridgehead atoms. The molecule has 0 unspecified atom stereocenters. The van der Waals surface area contributed by atoms with Crippen molar-refractivity contribution in [1.29, 1.82) is 0 Å². The summed E-state index contributed by atoms with van der Waals surface area (Å²) in [6.07, 6.45) is 3.12. The molecule has 17 heavy (non-hydrogen) atoms. The zero-order chi connectivity index (χ0) is 12.3. The van der Waals surface area contributed by atoms with Crippen molar-refractivity contribution in [3.8, 4) is 11.5 Å². The third-order valence-electron chi connectivity index (χ3n) is 2.14. The van der Waals surface area contributed by atoms with E-state index in [9.17, 15) is 4.39 Å². The number of hydrogen-bond acceptors (Lipinski definition) is 2. The molecule has 0 saturated heterocycles. The van der Waals surface area contributed by atoms with E-state index in [1.165, 1.54) is 12.1 Å². The molecule has 0 atom stereocenters. The molecule has 88 valence electrons. The van der Waals surface area contributed by atoms with Gasteiger partial charge in [-0.25, -0.2) is 4.39 Å². The Labute approximate surface area is 108 Å². The van der Waals surface area contributed by atoms with Gasteiger partial charge in [-0.1, -0.05) is 17.7 Å². The summed E-state index contributed by atoms with van der Waals surface area (Å²) in [5, 5.41) is 0.0176. The van der Waals surface area contributed by atoms with E-state index >= 15 is 0 Å². The van der Waals surface area contributed by atoms with Crippen molar-refractivity contribution < 1.29 is 9.13 Å². The van der Waals surface area contributed by atoms with E-state index in [1.807, 2.05) is 0 Å². The third kappa shape index (κ3) is 2.68. The van der Waals surface area contributed by atoms with Gasteiger partial charge in [0.15, 0.2) is 11.6 Å². The first-order valence-corrected chi connectivity index (χ1v) is 5.74. The summed E-state index contributed by atoms with van der Waals surface area (Å²) in [5.74, 6) is 0.184. The summed E-state index contributed by atoms with van der Waals surface area (Å²) >= 11 is 11.4. The van der Waals surface area contributed by atoms with Gasteiger partial charge in [0.1, 0.15) is 5.75 Å². The highest BCUT2D eigenvalue weighted by molar-refractivity contribution is 6.30. The van der Waals surface area contributed by atoms with E-state index in [0.29, 0.717) is 11.3 Å². The summed E-state index contributed by atoms with van der Waals surface area (Å²) in [6, 6.07) is 6.19. The van der Waals surface area contributed by atoms with Crippen molar-refractivity contribution in [2.24, 2.45) is 0 Å². The number of nitrogens with zero attached hydrogens (tertiary/aromatic N) is 1. The smallest absolute Gasteiger partial charge is 0.184 e. The molecule has 2 nitrogen and oxygen atoms in total. The number of aromatic nitrogens is 1. The first-order chi connectivity index (χ1) is 8.22. The summed E-state index contributed by atoms with van der Waals surface area (Å²) in [4.78, 5) is 3.91. The average molecular weight is 272 g/mol. The number of hydrogen-bond donors (Lipinski definition) is 0. The zero-order valence-electron chi connectivity index (χ0n) is 8.66. The van der Waals surface area contributed by atoms with Crippen LogP contribution in [0.15, 0.2) is 36.7 Å². The standard InChI is InChI=1S/C12H8Cl2FNO/c13-6-8-7-16-5-4-10(8)17-11-3-1-2-9(14)12(11)15/h1-5,7H,6H2. The van der Waals surface area contributed by atoms with E-state index in [4.69, 9.17) is 27.9 Å². The van der Waals surface area contributed by atoms with Crippen molar-refractivity contribution in [1.82, 2.24) is 4.98 Å². The lowest BCUT2D eigenvalue weighted by atomic mass is 10.3. The van der Waals surface area contributed by atoms with Crippen molar-refractivity contribution in [3.63, 3.8) is 0 Å². The van der Waals surface area contributed by atoms with Crippen LogP contribution in [0.3, 0.4) is 0 Å². The Balaban J connectivity index is 2.35. The molecule has 0 amide bonds. The maximum atomic E-state index is 13.6. The van der Waals surface area contributed by atoms with Crippen LogP contribution in [0.4, 0.5) is 4.39 Å². The average Bonchev–Trinajstić information content (AvgIpc) is 2.35. The Morgan fingerprint density at radius 1 is 1.24 bits per heavy atom. The van der Waals surface area contributed by atoms with Crippen molar-refractivity contribution in [2.45, 2.75) is 5.88 Å². The molecule has 0 aliphatic rings. The lowest BCUT2D eigenvalue weighted by Gasteiger charge is -2.09. The summed E-state index contributed by atoms with van der Waals surface area (Å²) in [7, 11) is 0. The van der Waals surface area contributed by atoms with E-state index in [0.717, 1.165) is 0 Å². The number of rotatable bonds is 3. The van der Waals surface area contributed by atoms with E-state index in [-0.39, 0.29) is 16.7 Å². The highest BCUT2D eigenvalue weighted by Gasteiger charge is 2.10. The Kier molecular flexibility index (Phi) is 3.82. The topological polar surface area (TPSA) is 22.1 Å². The molecule has 1 aromatic heterocycles. The Hall–Kier alpha value is -1.32. The minimum Gasteiger partial charge on any atom is -0.454 e. The van der Waals surface area contributed by atoms with Crippen molar-refractivity contribution in [3.05, 3.63) is 53.1 Å². The van der Waals surface area contributed by atoms with Crippen molar-refractivity contribution in [2.75, 3.05) is 0 Å². The number of ether oxygens (including phenoxy) is 1. The second kappa shape index (κ2) is 5.34. The van der Waals surface area contributed by atoms with Gasteiger partial charge < -0.3 is 4.74 Å². The van der Waals surface area contributed by atoms with E-state index in [1.54, 1.807) is 24.5 Å². The molecular formula is C12H8Cl2FNO. The maximum absolute atomic E-state index is 13.6. The summed E-state index contributed by atoms with van der Waals surface area (Å²) in [5.41, 5.74) is 0.688. The number of alkyl halides is 1. The number of benzene rings is 1. The SMILES string of the molecule is Fc1c(Cl)cccc1Oc1ccncc1CCl. The summed E-state index contributed by atoms with van der Waals surface area (Å²) < 4.78 is 19.0. The highest BCUT2D eigenvalue weighted by atomic mass is 35.5. The Bertz CT molecular complexity index is 534. The molecule has 2 rings (SSSR count). The Morgan fingerprint density at radius 3 is 2.82 bits per heavy atom. The van der Waals surface area contributed by atoms with Gasteiger partial charge in [-0.05, 0) is 18.2 Å². The highest BCUT2D eigenvalue weighted by Crippen LogP contribution is 2.30. The molecule has 0 saturated carbocycles. The second-order valence-electron chi connectivity index (χ2n) is 3.27. The van der Waals surface area contributed by atoms with E-state index in [2.05, 4.69) is 4.98 Å². The van der Waals surface area contributed by atoms with Crippen LogP contribution in [0.1, 0.15) is 5.56 Å². The third-order valence-corrected chi connectivity index (χ3v) is 2.72. The van der Waals surface area contributed by atoms with Gasteiger partial charge in [0.05, 0.1) is 10.9 Å². The fourth-order valence-electron chi connectivity index (χ4n) is 1.30. The molecule has 0 spiro atoms. The zero-order valence-corrected chi connectivity index (χ0v) is 10.2. The van der Waals surface area contributed by atoms with Crippen LogP contribution < -0.4 is 4.74 Å². The fraction of sp³-hybridized carbons (Fsp3) is 0.0833. The van der Waals surface area contributed by atoms with Gasteiger partial charge in [0, 0.05) is 18.0 Å². The van der Waals surface area contributed by atoms with Crippen LogP contribution in [-0.2, 0) is 5.88 Å².